The van der Waals surface area contributed by atoms with Gasteiger partial charge < -0.3 is 14.4 Å². The van der Waals surface area contributed by atoms with Crippen molar-refractivity contribution < 1.29 is 9.47 Å². The molecule has 4 rings (SSSR count). The molecule has 0 aliphatic carbocycles. The summed E-state index contributed by atoms with van der Waals surface area (Å²) in [5.74, 6) is 1.51. The zero-order valence-corrected chi connectivity index (χ0v) is 15.8. The van der Waals surface area contributed by atoms with Crippen LogP contribution in [0.2, 0.25) is 0 Å². The van der Waals surface area contributed by atoms with Crippen LogP contribution in [0.4, 0.5) is 0 Å². The molecule has 1 aliphatic heterocycles. The number of para-hydroxylation sites is 1. The lowest BCUT2D eigenvalue weighted by Crippen LogP contribution is -2.49. The number of rotatable bonds is 6. The minimum atomic E-state index is 0.0729. The third-order valence-corrected chi connectivity index (χ3v) is 4.85. The Morgan fingerprint density at radius 1 is 0.897 bits per heavy atom. The molecule has 1 fully saturated rings. The fourth-order valence-corrected chi connectivity index (χ4v) is 3.20. The van der Waals surface area contributed by atoms with Gasteiger partial charge in [-0.25, -0.2) is 0 Å². The molecule has 29 heavy (non-hydrogen) atoms. The van der Waals surface area contributed by atoms with Crippen molar-refractivity contribution in [2.45, 2.75) is 12.7 Å². The monoisotopic (exact) mass is 381 g/mol. The maximum Gasteiger partial charge on any atom is 0.179 e. The Labute approximate surface area is 170 Å². The molecular formula is C24H19N3O2. The summed E-state index contributed by atoms with van der Waals surface area (Å²) in [5, 5.41) is 17.9. The smallest absolute Gasteiger partial charge is 0.179 e. The topological polar surface area (TPSA) is 69.3 Å². The molecule has 1 aliphatic rings. The van der Waals surface area contributed by atoms with Crippen LogP contribution in [-0.2, 0) is 11.3 Å². The van der Waals surface area contributed by atoms with Gasteiger partial charge in [0, 0.05) is 0 Å². The third-order valence-electron chi connectivity index (χ3n) is 4.85. The Morgan fingerprint density at radius 2 is 1.66 bits per heavy atom. The van der Waals surface area contributed by atoms with E-state index in [1.165, 1.54) is 0 Å². The summed E-state index contributed by atoms with van der Waals surface area (Å²) in [6, 6.07) is 25.2. The van der Waals surface area contributed by atoms with Crippen molar-refractivity contribution in [2.75, 3.05) is 13.1 Å². The lowest BCUT2D eigenvalue weighted by atomic mass is 9.98. The molecule has 0 bridgehead atoms. The normalized spacial score (nSPS) is 13.2. The standard InChI is InChI=1S/C24H19N3O2/c25-13-18-6-8-19(9-7-18)24-12-22(29-21-4-2-1-3-5-21)11-10-20(24)16-28-23-14-27(15-23)17-26/h1-12,23H,14-16H2. The van der Waals surface area contributed by atoms with Gasteiger partial charge in [0.25, 0.3) is 0 Å². The highest BCUT2D eigenvalue weighted by Gasteiger charge is 2.26. The van der Waals surface area contributed by atoms with Crippen LogP contribution in [0.5, 0.6) is 11.5 Å². The number of hydrogen-bond donors (Lipinski definition) is 0. The van der Waals surface area contributed by atoms with E-state index in [0.717, 1.165) is 28.2 Å². The number of likely N-dealkylation sites (tertiary alicyclic amines) is 1. The first-order valence-electron chi connectivity index (χ1n) is 9.38. The minimum absolute atomic E-state index is 0.0729. The fraction of sp³-hybridized carbons (Fsp3) is 0.167. The van der Waals surface area contributed by atoms with Gasteiger partial charge in [0.1, 0.15) is 11.5 Å². The number of hydrogen-bond acceptors (Lipinski definition) is 5. The first-order valence-corrected chi connectivity index (χ1v) is 9.38. The second-order valence-corrected chi connectivity index (χ2v) is 6.86. The quantitative estimate of drug-likeness (QED) is 0.579. The van der Waals surface area contributed by atoms with E-state index >= 15 is 0 Å². The van der Waals surface area contributed by atoms with Crippen LogP contribution < -0.4 is 4.74 Å². The first-order chi connectivity index (χ1) is 14.2. The molecule has 1 saturated heterocycles. The molecule has 0 radical (unpaired) electrons. The van der Waals surface area contributed by atoms with Crippen LogP contribution in [0, 0.1) is 22.8 Å². The van der Waals surface area contributed by atoms with Crippen LogP contribution in [0.3, 0.4) is 0 Å². The number of benzene rings is 3. The van der Waals surface area contributed by atoms with Gasteiger partial charge in [0.15, 0.2) is 6.19 Å². The first kappa shape index (κ1) is 18.6. The summed E-state index contributed by atoms with van der Waals surface area (Å²) in [7, 11) is 0. The minimum Gasteiger partial charge on any atom is -0.457 e. The second kappa shape index (κ2) is 8.48. The van der Waals surface area contributed by atoms with Crippen LogP contribution >= 0.6 is 0 Å². The van der Waals surface area contributed by atoms with Gasteiger partial charge in [-0.05, 0) is 53.1 Å². The van der Waals surface area contributed by atoms with E-state index in [0.29, 0.717) is 25.3 Å². The van der Waals surface area contributed by atoms with E-state index in [4.69, 9.17) is 20.0 Å². The van der Waals surface area contributed by atoms with Crippen molar-refractivity contribution in [1.82, 2.24) is 4.90 Å². The van der Waals surface area contributed by atoms with Gasteiger partial charge in [-0.1, -0.05) is 36.4 Å². The highest BCUT2D eigenvalue weighted by Crippen LogP contribution is 2.31. The van der Waals surface area contributed by atoms with Crippen molar-refractivity contribution in [1.29, 1.82) is 10.5 Å². The molecule has 142 valence electrons. The summed E-state index contributed by atoms with van der Waals surface area (Å²) in [6.07, 6.45) is 2.19. The fourth-order valence-electron chi connectivity index (χ4n) is 3.20. The van der Waals surface area contributed by atoms with Crippen LogP contribution in [0.15, 0.2) is 72.8 Å². The largest absolute Gasteiger partial charge is 0.457 e. The summed E-state index contributed by atoms with van der Waals surface area (Å²) in [6.45, 7) is 1.72. The van der Waals surface area contributed by atoms with Gasteiger partial charge in [-0.15, -0.1) is 0 Å². The average molecular weight is 381 g/mol. The molecule has 5 heteroatoms. The van der Waals surface area contributed by atoms with Crippen molar-refractivity contribution in [2.24, 2.45) is 0 Å². The van der Waals surface area contributed by atoms with Gasteiger partial charge in [0.05, 0.1) is 37.4 Å². The van der Waals surface area contributed by atoms with E-state index in [1.54, 1.807) is 17.0 Å². The van der Waals surface area contributed by atoms with Crippen LogP contribution in [0.1, 0.15) is 11.1 Å². The highest BCUT2D eigenvalue weighted by atomic mass is 16.5. The van der Waals surface area contributed by atoms with Crippen molar-refractivity contribution in [3.63, 3.8) is 0 Å². The van der Waals surface area contributed by atoms with Crippen molar-refractivity contribution in [3.8, 4) is 34.9 Å². The second-order valence-electron chi connectivity index (χ2n) is 6.86. The lowest BCUT2D eigenvalue weighted by molar-refractivity contribution is -0.0399. The zero-order valence-electron chi connectivity index (χ0n) is 15.8. The van der Waals surface area contributed by atoms with Crippen LogP contribution in [0.25, 0.3) is 11.1 Å². The molecular weight excluding hydrogens is 362 g/mol. The predicted octanol–water partition coefficient (Wildman–Crippen LogP) is 4.70. The van der Waals surface area contributed by atoms with Crippen molar-refractivity contribution in [3.05, 3.63) is 83.9 Å². The van der Waals surface area contributed by atoms with Crippen molar-refractivity contribution >= 4 is 0 Å². The summed E-state index contributed by atoms with van der Waals surface area (Å²) in [5.41, 5.74) is 3.65. The Kier molecular flexibility index (Phi) is 5.42. The number of nitriles is 2. The lowest BCUT2D eigenvalue weighted by Gasteiger charge is -2.34. The molecule has 3 aromatic carbocycles. The van der Waals surface area contributed by atoms with Gasteiger partial charge in [-0.2, -0.15) is 10.5 Å². The maximum absolute atomic E-state index is 9.07. The molecule has 5 nitrogen and oxygen atoms in total. The zero-order chi connectivity index (χ0) is 20.1. The number of ether oxygens (including phenoxy) is 2. The summed E-state index contributed by atoms with van der Waals surface area (Å²) >= 11 is 0. The van der Waals surface area contributed by atoms with E-state index in [9.17, 15) is 0 Å². The van der Waals surface area contributed by atoms with Gasteiger partial charge >= 0.3 is 0 Å². The van der Waals surface area contributed by atoms with E-state index in [1.807, 2.05) is 60.7 Å². The SMILES string of the molecule is N#Cc1ccc(-c2cc(Oc3ccccc3)ccc2COC2CN(C#N)C2)cc1. The van der Waals surface area contributed by atoms with E-state index in [2.05, 4.69) is 12.3 Å². The number of nitrogens with zero attached hydrogens (tertiary/aromatic N) is 3. The molecule has 1 heterocycles. The van der Waals surface area contributed by atoms with E-state index in [-0.39, 0.29) is 6.10 Å². The molecule has 0 aromatic heterocycles. The van der Waals surface area contributed by atoms with Gasteiger partial charge in [-0.3, -0.25) is 0 Å². The van der Waals surface area contributed by atoms with Gasteiger partial charge in [0.2, 0.25) is 0 Å². The highest BCUT2D eigenvalue weighted by molar-refractivity contribution is 5.69. The Balaban J connectivity index is 1.59. The molecule has 0 N–H and O–H groups in total. The average Bonchev–Trinajstić information content (AvgIpc) is 2.74. The molecule has 0 unspecified atom stereocenters. The Bertz CT molecular complexity index is 1060. The Hall–Kier alpha value is -3.80. The molecule has 0 spiro atoms. The third kappa shape index (κ3) is 4.38. The Morgan fingerprint density at radius 3 is 2.34 bits per heavy atom. The van der Waals surface area contributed by atoms with E-state index < -0.39 is 0 Å². The molecule has 0 atom stereocenters. The predicted molar refractivity (Wildman–Crippen MR) is 109 cm³/mol. The molecule has 3 aromatic rings. The summed E-state index contributed by atoms with van der Waals surface area (Å²) in [4.78, 5) is 1.67. The molecule has 0 saturated carbocycles. The van der Waals surface area contributed by atoms with Crippen LogP contribution in [-0.4, -0.2) is 24.1 Å². The maximum atomic E-state index is 9.07. The molecule has 0 amide bonds. The summed E-state index contributed by atoms with van der Waals surface area (Å²) < 4.78 is 12.0.